The third-order valence-corrected chi connectivity index (χ3v) is 2.87. The van der Waals surface area contributed by atoms with Gasteiger partial charge in [-0.25, -0.2) is 4.98 Å². The van der Waals surface area contributed by atoms with Crippen molar-refractivity contribution in [3.05, 3.63) is 42.5 Å². The number of H-pyrrole nitrogens is 1. The summed E-state index contributed by atoms with van der Waals surface area (Å²) in [6, 6.07) is 7.75. The van der Waals surface area contributed by atoms with E-state index >= 15 is 0 Å². The molecule has 108 valence electrons. The molecule has 2 rings (SSSR count). The Kier molecular flexibility index (Phi) is 5.43. The Balaban J connectivity index is 1.77. The van der Waals surface area contributed by atoms with Gasteiger partial charge < -0.3 is 14.5 Å². The fraction of sp³-hybridized carbons (Fsp3) is 0.400. The molecule has 0 bridgehead atoms. The molecule has 0 saturated heterocycles. The Morgan fingerprint density at radius 1 is 1.20 bits per heavy atom. The maximum atomic E-state index is 5.79. The number of aromatic nitrogens is 2. The number of nitrogens with zero attached hydrogens (tertiary/aromatic N) is 2. The highest BCUT2D eigenvalue weighted by molar-refractivity contribution is 5.39. The van der Waals surface area contributed by atoms with Crippen molar-refractivity contribution >= 4 is 0 Å². The van der Waals surface area contributed by atoms with Crippen LogP contribution in [0.4, 0.5) is 0 Å². The van der Waals surface area contributed by atoms with E-state index < -0.39 is 0 Å². The molecule has 0 atom stereocenters. The second-order valence-electron chi connectivity index (χ2n) is 4.54. The van der Waals surface area contributed by atoms with Crippen molar-refractivity contribution in [3.63, 3.8) is 0 Å². The van der Waals surface area contributed by atoms with Crippen molar-refractivity contribution in [2.45, 2.75) is 13.5 Å². The molecular weight excluding hydrogens is 254 g/mol. The van der Waals surface area contributed by atoms with Crippen LogP contribution in [0.1, 0.15) is 12.6 Å². The average Bonchev–Trinajstić information content (AvgIpc) is 2.94. The summed E-state index contributed by atoms with van der Waals surface area (Å²) in [6.07, 6.45) is 3.53. The molecule has 2 aromatic rings. The van der Waals surface area contributed by atoms with Gasteiger partial charge in [-0.2, -0.15) is 0 Å². The molecule has 0 spiro atoms. The van der Waals surface area contributed by atoms with Gasteiger partial charge in [-0.3, -0.25) is 4.90 Å². The van der Waals surface area contributed by atoms with Gasteiger partial charge in [0.25, 0.3) is 0 Å². The molecule has 0 fully saturated rings. The fourth-order valence-corrected chi connectivity index (χ4v) is 1.90. The smallest absolute Gasteiger partial charge is 0.161 e. The van der Waals surface area contributed by atoms with Gasteiger partial charge in [0.1, 0.15) is 6.61 Å². The number of aromatic amines is 1. The van der Waals surface area contributed by atoms with Gasteiger partial charge in [0.2, 0.25) is 0 Å². The molecule has 0 aliphatic heterocycles. The summed E-state index contributed by atoms with van der Waals surface area (Å²) >= 11 is 0. The van der Waals surface area contributed by atoms with Gasteiger partial charge in [0.05, 0.1) is 12.9 Å². The number of hydrogen-bond donors (Lipinski definition) is 1. The van der Waals surface area contributed by atoms with Crippen molar-refractivity contribution in [2.75, 3.05) is 26.8 Å². The largest absolute Gasteiger partial charge is 0.490 e. The molecular formula is C15H21N3O2. The van der Waals surface area contributed by atoms with E-state index in [0.717, 1.165) is 30.3 Å². The van der Waals surface area contributed by atoms with Crippen LogP contribution in [0.3, 0.4) is 0 Å². The summed E-state index contributed by atoms with van der Waals surface area (Å²) in [5, 5.41) is 0. The average molecular weight is 275 g/mol. The second kappa shape index (κ2) is 7.55. The summed E-state index contributed by atoms with van der Waals surface area (Å²) in [7, 11) is 2.05. The van der Waals surface area contributed by atoms with Crippen molar-refractivity contribution in [2.24, 2.45) is 0 Å². The molecule has 1 aromatic carbocycles. The van der Waals surface area contributed by atoms with Gasteiger partial charge in [0, 0.05) is 25.0 Å². The molecule has 0 amide bonds. The first-order chi connectivity index (χ1) is 9.79. The first-order valence-corrected chi connectivity index (χ1v) is 6.80. The van der Waals surface area contributed by atoms with Gasteiger partial charge in [-0.05, 0) is 26.1 Å². The number of benzene rings is 1. The van der Waals surface area contributed by atoms with Crippen molar-refractivity contribution in [1.29, 1.82) is 0 Å². The highest BCUT2D eigenvalue weighted by Crippen LogP contribution is 2.26. The summed E-state index contributed by atoms with van der Waals surface area (Å²) in [6.45, 7) is 4.89. The lowest BCUT2D eigenvalue weighted by Crippen LogP contribution is -2.24. The van der Waals surface area contributed by atoms with E-state index in [1.807, 2.05) is 37.4 Å². The van der Waals surface area contributed by atoms with Crippen LogP contribution in [0.2, 0.25) is 0 Å². The maximum absolute atomic E-state index is 5.79. The van der Waals surface area contributed by atoms with Crippen molar-refractivity contribution in [3.8, 4) is 11.5 Å². The molecule has 0 saturated carbocycles. The third-order valence-electron chi connectivity index (χ3n) is 2.87. The molecule has 1 heterocycles. The minimum atomic E-state index is 0.620. The van der Waals surface area contributed by atoms with E-state index in [0.29, 0.717) is 13.2 Å². The summed E-state index contributed by atoms with van der Waals surface area (Å²) in [4.78, 5) is 9.27. The molecule has 1 aromatic heterocycles. The van der Waals surface area contributed by atoms with Crippen LogP contribution in [-0.4, -0.2) is 41.7 Å². The number of imidazole rings is 1. The topological polar surface area (TPSA) is 50.4 Å². The monoisotopic (exact) mass is 275 g/mol. The predicted molar refractivity (Wildman–Crippen MR) is 78.0 cm³/mol. The summed E-state index contributed by atoms with van der Waals surface area (Å²) in [5.74, 6) is 1.59. The molecule has 5 heteroatoms. The van der Waals surface area contributed by atoms with Crippen LogP contribution in [0.25, 0.3) is 0 Å². The Labute approximate surface area is 119 Å². The lowest BCUT2D eigenvalue weighted by Gasteiger charge is -2.17. The van der Waals surface area contributed by atoms with E-state index in [1.165, 1.54) is 0 Å². The zero-order valence-electron chi connectivity index (χ0n) is 12.0. The van der Waals surface area contributed by atoms with E-state index in [9.17, 15) is 0 Å². The Morgan fingerprint density at radius 2 is 1.95 bits per heavy atom. The highest BCUT2D eigenvalue weighted by atomic mass is 16.5. The Morgan fingerprint density at radius 3 is 2.60 bits per heavy atom. The lowest BCUT2D eigenvalue weighted by atomic mass is 10.3. The zero-order chi connectivity index (χ0) is 14.2. The molecule has 0 unspecified atom stereocenters. The Bertz CT molecular complexity index is 500. The van der Waals surface area contributed by atoms with Crippen molar-refractivity contribution in [1.82, 2.24) is 14.9 Å². The molecule has 0 aliphatic rings. The Hall–Kier alpha value is -2.01. The van der Waals surface area contributed by atoms with E-state index in [1.54, 1.807) is 6.33 Å². The van der Waals surface area contributed by atoms with E-state index in [2.05, 4.69) is 21.9 Å². The van der Waals surface area contributed by atoms with Crippen LogP contribution in [0.15, 0.2) is 36.8 Å². The van der Waals surface area contributed by atoms with E-state index in [-0.39, 0.29) is 0 Å². The number of para-hydroxylation sites is 2. The van der Waals surface area contributed by atoms with Crippen LogP contribution >= 0.6 is 0 Å². The number of likely N-dealkylation sites (N-methyl/N-ethyl adjacent to an activating group) is 1. The van der Waals surface area contributed by atoms with Gasteiger partial charge >= 0.3 is 0 Å². The minimum absolute atomic E-state index is 0.620. The fourth-order valence-electron chi connectivity index (χ4n) is 1.90. The number of ether oxygens (including phenoxy) is 2. The van der Waals surface area contributed by atoms with Crippen molar-refractivity contribution < 1.29 is 9.47 Å². The first-order valence-electron chi connectivity index (χ1n) is 6.80. The van der Waals surface area contributed by atoms with Crippen LogP contribution in [-0.2, 0) is 6.54 Å². The van der Waals surface area contributed by atoms with E-state index in [4.69, 9.17) is 9.47 Å². The number of hydrogen-bond acceptors (Lipinski definition) is 4. The standard InChI is InChI=1S/C15H21N3O2/c1-3-19-14-6-4-5-7-15(14)20-9-8-18(2)11-13-10-16-12-17-13/h4-7,10,12H,3,8-9,11H2,1-2H3,(H,16,17). The third kappa shape index (κ3) is 4.28. The molecule has 0 aliphatic carbocycles. The molecule has 0 radical (unpaired) electrons. The quantitative estimate of drug-likeness (QED) is 0.803. The molecule has 1 N–H and O–H groups in total. The number of rotatable bonds is 8. The van der Waals surface area contributed by atoms with Crippen LogP contribution in [0.5, 0.6) is 11.5 Å². The predicted octanol–water partition coefficient (Wildman–Crippen LogP) is 2.32. The van der Waals surface area contributed by atoms with Crippen LogP contribution < -0.4 is 9.47 Å². The molecule has 20 heavy (non-hydrogen) atoms. The van der Waals surface area contributed by atoms with Crippen LogP contribution in [0, 0.1) is 0 Å². The van der Waals surface area contributed by atoms with Gasteiger partial charge in [-0.1, -0.05) is 12.1 Å². The normalized spacial score (nSPS) is 10.8. The van der Waals surface area contributed by atoms with Gasteiger partial charge in [0.15, 0.2) is 11.5 Å². The highest BCUT2D eigenvalue weighted by Gasteiger charge is 2.05. The van der Waals surface area contributed by atoms with Gasteiger partial charge in [-0.15, -0.1) is 0 Å². The number of nitrogens with one attached hydrogen (secondary N) is 1. The first kappa shape index (κ1) is 14.4. The summed E-state index contributed by atoms with van der Waals surface area (Å²) < 4.78 is 11.3. The second-order valence-corrected chi connectivity index (χ2v) is 4.54. The SMILES string of the molecule is CCOc1ccccc1OCCN(C)Cc1cnc[nH]1. The maximum Gasteiger partial charge on any atom is 0.161 e. The zero-order valence-corrected chi connectivity index (χ0v) is 12.0. The molecule has 5 nitrogen and oxygen atoms in total. The summed E-state index contributed by atoms with van der Waals surface area (Å²) in [5.41, 5.74) is 1.10. The minimum Gasteiger partial charge on any atom is -0.490 e. The lowest BCUT2D eigenvalue weighted by molar-refractivity contribution is 0.221.